The van der Waals surface area contributed by atoms with Crippen LogP contribution in [0.2, 0.25) is 0 Å². The molecule has 134 valence electrons. The summed E-state index contributed by atoms with van der Waals surface area (Å²) < 4.78 is 11.2. The van der Waals surface area contributed by atoms with Crippen molar-refractivity contribution >= 4 is 17.3 Å². The van der Waals surface area contributed by atoms with Crippen LogP contribution in [-0.4, -0.2) is 18.6 Å². The van der Waals surface area contributed by atoms with Crippen LogP contribution in [0.5, 0.6) is 11.5 Å². The minimum atomic E-state index is -0.471. The summed E-state index contributed by atoms with van der Waals surface area (Å²) in [7, 11) is 1.57. The van der Waals surface area contributed by atoms with Crippen LogP contribution >= 0.6 is 0 Å². The average molecular weight is 352 g/mol. The molecular weight excluding hydrogens is 332 g/mol. The molecule has 26 heavy (non-hydrogen) atoms. The van der Waals surface area contributed by atoms with Crippen LogP contribution in [0, 0.1) is 21.4 Å². The Labute approximate surface area is 152 Å². The lowest BCUT2D eigenvalue weighted by Crippen LogP contribution is -2.00. The zero-order chi connectivity index (χ0) is 18.9. The molecule has 0 amide bonds. The Morgan fingerprint density at radius 2 is 2.00 bits per heavy atom. The molecule has 0 bridgehead atoms. The van der Waals surface area contributed by atoms with Gasteiger partial charge >= 0.3 is 0 Å². The monoisotopic (exact) mass is 352 g/mol. The molecule has 6 nitrogen and oxygen atoms in total. The number of nitriles is 1. The largest absolute Gasteiger partial charge is 0.493 e. The van der Waals surface area contributed by atoms with E-state index in [1.54, 1.807) is 31.4 Å². The Morgan fingerprint density at radius 3 is 2.58 bits per heavy atom. The lowest BCUT2D eigenvalue weighted by Gasteiger charge is -2.13. The third-order valence-corrected chi connectivity index (χ3v) is 3.78. The molecule has 2 aromatic rings. The number of nitrogens with zero attached hydrogens (tertiary/aromatic N) is 2. The number of nitro benzene ring substituents is 1. The first-order valence-corrected chi connectivity index (χ1v) is 8.27. The van der Waals surface area contributed by atoms with Crippen LogP contribution in [0.15, 0.2) is 42.5 Å². The molecule has 0 fully saturated rings. The maximum atomic E-state index is 10.8. The first-order valence-electron chi connectivity index (χ1n) is 8.27. The van der Waals surface area contributed by atoms with Gasteiger partial charge in [-0.3, -0.25) is 10.1 Å². The zero-order valence-electron chi connectivity index (χ0n) is 14.8. The number of hydrogen-bond donors (Lipinski definition) is 0. The Morgan fingerprint density at radius 1 is 1.27 bits per heavy atom. The van der Waals surface area contributed by atoms with Crippen molar-refractivity contribution in [2.24, 2.45) is 0 Å². The van der Waals surface area contributed by atoms with Crippen molar-refractivity contribution in [3.05, 3.63) is 63.7 Å². The third-order valence-electron chi connectivity index (χ3n) is 3.78. The standard InChI is InChI=1S/C20H20N2O4/c1-3-4-12-26-20-16(6-5-7-19(20)25-2)13-17(14-21)15-8-10-18(11-9-15)22(23)24/h5-11,13H,3-4,12H2,1-2H3. The molecule has 0 atom stereocenters. The molecule has 0 aliphatic carbocycles. The highest BCUT2D eigenvalue weighted by molar-refractivity contribution is 5.91. The molecule has 2 aromatic carbocycles. The van der Waals surface area contributed by atoms with Gasteiger partial charge in [-0.25, -0.2) is 0 Å². The van der Waals surface area contributed by atoms with Crippen molar-refractivity contribution < 1.29 is 14.4 Å². The van der Waals surface area contributed by atoms with Gasteiger partial charge < -0.3 is 9.47 Å². The van der Waals surface area contributed by atoms with Gasteiger partial charge in [-0.2, -0.15) is 5.26 Å². The van der Waals surface area contributed by atoms with Gasteiger partial charge in [0.2, 0.25) is 0 Å². The van der Waals surface area contributed by atoms with E-state index in [1.807, 2.05) is 12.1 Å². The minimum absolute atomic E-state index is 0.0176. The Hall–Kier alpha value is -3.33. The zero-order valence-corrected chi connectivity index (χ0v) is 14.8. The van der Waals surface area contributed by atoms with Crippen molar-refractivity contribution in [1.82, 2.24) is 0 Å². The number of unbranched alkanes of at least 4 members (excludes halogenated alkanes) is 1. The summed E-state index contributed by atoms with van der Waals surface area (Å²) in [4.78, 5) is 10.3. The molecule has 0 heterocycles. The van der Waals surface area contributed by atoms with Crippen LogP contribution in [-0.2, 0) is 0 Å². The molecule has 2 rings (SSSR count). The number of benzene rings is 2. The van der Waals surface area contributed by atoms with Crippen molar-refractivity contribution in [2.45, 2.75) is 19.8 Å². The van der Waals surface area contributed by atoms with E-state index >= 15 is 0 Å². The molecule has 0 saturated heterocycles. The number of methoxy groups -OCH3 is 1. The fourth-order valence-corrected chi connectivity index (χ4v) is 2.38. The highest BCUT2D eigenvalue weighted by atomic mass is 16.6. The number of para-hydroxylation sites is 1. The Bertz CT molecular complexity index is 836. The quantitative estimate of drug-likeness (QED) is 0.223. The Kier molecular flexibility index (Phi) is 6.75. The van der Waals surface area contributed by atoms with Gasteiger partial charge in [-0.15, -0.1) is 0 Å². The van der Waals surface area contributed by atoms with Crippen LogP contribution in [0.4, 0.5) is 5.69 Å². The molecule has 0 aliphatic rings. The summed E-state index contributed by atoms with van der Waals surface area (Å²) >= 11 is 0. The van der Waals surface area contributed by atoms with Gasteiger partial charge in [0.25, 0.3) is 5.69 Å². The minimum Gasteiger partial charge on any atom is -0.493 e. The number of allylic oxidation sites excluding steroid dienone is 1. The molecule has 0 saturated carbocycles. The van der Waals surface area contributed by atoms with E-state index in [0.717, 1.165) is 18.4 Å². The summed E-state index contributed by atoms with van der Waals surface area (Å²) in [5.74, 6) is 1.17. The number of rotatable bonds is 8. The van der Waals surface area contributed by atoms with Crippen molar-refractivity contribution in [3.63, 3.8) is 0 Å². The first-order chi connectivity index (χ1) is 12.6. The van der Waals surface area contributed by atoms with E-state index in [9.17, 15) is 15.4 Å². The summed E-state index contributed by atoms with van der Waals surface area (Å²) in [5.41, 5.74) is 1.68. The van der Waals surface area contributed by atoms with E-state index in [1.165, 1.54) is 12.1 Å². The summed E-state index contributed by atoms with van der Waals surface area (Å²) in [6.07, 6.45) is 3.62. The topological polar surface area (TPSA) is 85.4 Å². The van der Waals surface area contributed by atoms with Gasteiger partial charge in [0, 0.05) is 17.7 Å². The SMILES string of the molecule is CCCCOc1c(C=C(C#N)c2ccc([N+](=O)[O-])cc2)cccc1OC. The van der Waals surface area contributed by atoms with E-state index in [0.29, 0.717) is 29.2 Å². The van der Waals surface area contributed by atoms with Gasteiger partial charge in [0.15, 0.2) is 11.5 Å². The van der Waals surface area contributed by atoms with Crippen molar-refractivity contribution in [3.8, 4) is 17.6 Å². The Balaban J connectivity index is 2.41. The number of non-ortho nitro benzene ring substituents is 1. The van der Waals surface area contributed by atoms with E-state index in [2.05, 4.69) is 13.0 Å². The van der Waals surface area contributed by atoms with Crippen LogP contribution in [0.1, 0.15) is 30.9 Å². The number of hydrogen-bond acceptors (Lipinski definition) is 5. The second kappa shape index (κ2) is 9.23. The molecule has 0 radical (unpaired) electrons. The van der Waals surface area contributed by atoms with Crippen molar-refractivity contribution in [1.29, 1.82) is 5.26 Å². The van der Waals surface area contributed by atoms with Crippen LogP contribution < -0.4 is 9.47 Å². The van der Waals surface area contributed by atoms with E-state index < -0.39 is 4.92 Å². The second-order valence-corrected chi connectivity index (χ2v) is 5.55. The molecule has 0 spiro atoms. The smallest absolute Gasteiger partial charge is 0.269 e. The fraction of sp³-hybridized carbons (Fsp3) is 0.250. The maximum absolute atomic E-state index is 10.8. The summed E-state index contributed by atoms with van der Waals surface area (Å²) in [5, 5.41) is 20.3. The molecule has 0 unspecified atom stereocenters. The van der Waals surface area contributed by atoms with Gasteiger partial charge in [0.1, 0.15) is 0 Å². The van der Waals surface area contributed by atoms with Crippen LogP contribution in [0.3, 0.4) is 0 Å². The molecule has 0 aliphatic heterocycles. The van der Waals surface area contributed by atoms with Gasteiger partial charge in [-0.05, 0) is 36.3 Å². The maximum Gasteiger partial charge on any atom is 0.269 e. The molecular formula is C20H20N2O4. The second-order valence-electron chi connectivity index (χ2n) is 5.55. The lowest BCUT2D eigenvalue weighted by molar-refractivity contribution is -0.384. The number of ether oxygens (including phenoxy) is 2. The molecule has 0 aromatic heterocycles. The summed E-state index contributed by atoms with van der Waals surface area (Å²) in [6.45, 7) is 2.63. The van der Waals surface area contributed by atoms with E-state index in [-0.39, 0.29) is 5.69 Å². The highest BCUT2D eigenvalue weighted by Crippen LogP contribution is 2.34. The molecule has 0 N–H and O–H groups in total. The average Bonchev–Trinajstić information content (AvgIpc) is 2.67. The normalized spacial score (nSPS) is 10.9. The summed E-state index contributed by atoms with van der Waals surface area (Å²) in [6, 6.07) is 13.5. The first kappa shape index (κ1) is 19.0. The predicted molar refractivity (Wildman–Crippen MR) is 100.0 cm³/mol. The van der Waals surface area contributed by atoms with E-state index in [4.69, 9.17) is 9.47 Å². The van der Waals surface area contributed by atoms with Gasteiger partial charge in [-0.1, -0.05) is 25.5 Å². The third kappa shape index (κ3) is 4.61. The predicted octanol–water partition coefficient (Wildman–Crippen LogP) is 4.85. The number of nitro groups is 1. The van der Waals surface area contributed by atoms with Gasteiger partial charge in [0.05, 0.1) is 30.3 Å². The van der Waals surface area contributed by atoms with Crippen LogP contribution in [0.25, 0.3) is 11.6 Å². The fourth-order valence-electron chi connectivity index (χ4n) is 2.38. The highest BCUT2D eigenvalue weighted by Gasteiger charge is 2.12. The van der Waals surface area contributed by atoms with Crippen molar-refractivity contribution in [2.75, 3.05) is 13.7 Å². The lowest BCUT2D eigenvalue weighted by atomic mass is 10.0. The molecule has 6 heteroatoms.